The van der Waals surface area contributed by atoms with Gasteiger partial charge in [-0.1, -0.05) is 6.07 Å². The summed E-state index contributed by atoms with van der Waals surface area (Å²) >= 11 is 3.37. The fraction of sp³-hybridized carbons (Fsp3) is 0.0714. The second kappa shape index (κ2) is 6.24. The molecule has 4 nitrogen and oxygen atoms in total. The van der Waals surface area contributed by atoms with Gasteiger partial charge in [0.05, 0.1) is 15.9 Å². The van der Waals surface area contributed by atoms with Gasteiger partial charge in [0.15, 0.2) is 5.78 Å². The number of nitrogens with zero attached hydrogens (tertiary/aromatic N) is 3. The van der Waals surface area contributed by atoms with Crippen molar-refractivity contribution in [2.24, 2.45) is 7.05 Å². The fourth-order valence-electron chi connectivity index (χ4n) is 1.45. The Balaban J connectivity index is 2.02. The van der Waals surface area contributed by atoms with Crippen molar-refractivity contribution in [1.29, 1.82) is 0 Å². The molecule has 0 unspecified atom stereocenters. The molecule has 0 aliphatic heterocycles. The molecule has 0 fully saturated rings. The highest BCUT2D eigenvalue weighted by Crippen LogP contribution is 2.15. The first kappa shape index (κ1) is 13.4. The third-order valence-corrected chi connectivity index (χ3v) is 2.93. The van der Waals surface area contributed by atoms with Crippen molar-refractivity contribution in [3.8, 4) is 0 Å². The molecular weight excluding hydrogens is 306 g/mol. The first-order valence-corrected chi connectivity index (χ1v) is 6.45. The van der Waals surface area contributed by atoms with Crippen LogP contribution in [0.5, 0.6) is 0 Å². The lowest BCUT2D eigenvalue weighted by molar-refractivity contribution is -0.110. The van der Waals surface area contributed by atoms with E-state index in [0.717, 1.165) is 15.9 Å². The largest absolute Gasteiger partial charge is 0.290 e. The van der Waals surface area contributed by atoms with E-state index in [1.54, 1.807) is 23.0 Å². The molecule has 0 aliphatic carbocycles. The first-order chi connectivity index (χ1) is 9.15. The van der Waals surface area contributed by atoms with Crippen LogP contribution >= 0.6 is 15.9 Å². The third kappa shape index (κ3) is 3.99. The summed E-state index contributed by atoms with van der Waals surface area (Å²) in [6.45, 7) is 0. The number of hydrogen-bond donors (Lipinski definition) is 0. The lowest BCUT2D eigenvalue weighted by Gasteiger charge is -1.89. The number of carbonyl (C=O) groups is 1. The van der Waals surface area contributed by atoms with E-state index in [1.807, 2.05) is 31.4 Å². The molecule has 0 spiro atoms. The average molecular weight is 318 g/mol. The summed E-state index contributed by atoms with van der Waals surface area (Å²) < 4.78 is 2.53. The van der Waals surface area contributed by atoms with Gasteiger partial charge in [0.1, 0.15) is 0 Å². The average Bonchev–Trinajstić information content (AvgIpc) is 2.73. The number of halogens is 1. The summed E-state index contributed by atoms with van der Waals surface area (Å²) in [5, 5.41) is 4.19. The zero-order chi connectivity index (χ0) is 13.7. The minimum absolute atomic E-state index is 0.108. The Hall–Kier alpha value is -2.01. The molecule has 2 rings (SSSR count). The summed E-state index contributed by atoms with van der Waals surface area (Å²) in [5.41, 5.74) is 1.48. The zero-order valence-electron chi connectivity index (χ0n) is 10.3. The van der Waals surface area contributed by atoms with E-state index >= 15 is 0 Å². The molecule has 0 N–H and O–H groups in total. The van der Waals surface area contributed by atoms with Crippen LogP contribution in [0.1, 0.15) is 11.4 Å². The van der Waals surface area contributed by atoms with E-state index < -0.39 is 0 Å². The topological polar surface area (TPSA) is 47.8 Å². The van der Waals surface area contributed by atoms with Crippen molar-refractivity contribution >= 4 is 33.9 Å². The molecule has 0 amide bonds. The monoisotopic (exact) mass is 317 g/mol. The van der Waals surface area contributed by atoms with Gasteiger partial charge in [0.25, 0.3) is 0 Å². The quantitative estimate of drug-likeness (QED) is 0.815. The summed E-state index contributed by atoms with van der Waals surface area (Å²) in [7, 11) is 1.82. The fourth-order valence-corrected chi connectivity index (χ4v) is 1.96. The number of allylic oxidation sites excluding steroid dienone is 2. The van der Waals surface area contributed by atoms with Crippen molar-refractivity contribution in [3.63, 3.8) is 0 Å². The molecule has 0 bridgehead atoms. The van der Waals surface area contributed by atoms with Crippen molar-refractivity contribution < 1.29 is 4.79 Å². The molecule has 0 aromatic carbocycles. The molecule has 2 aromatic rings. The standard InChI is InChI=1S/C14H12BrN3O/c1-18-10-13(15)14(17-18)8-7-12(19)6-5-11-4-2-3-9-16-11/h2-10H,1H3/b6-5+,8-7+. The Morgan fingerprint density at radius 2 is 2.11 bits per heavy atom. The number of rotatable bonds is 4. The Bertz CT molecular complexity index is 629. The number of aryl methyl sites for hydroxylation is 1. The minimum Gasteiger partial charge on any atom is -0.290 e. The van der Waals surface area contributed by atoms with Crippen LogP contribution in [0.2, 0.25) is 0 Å². The van der Waals surface area contributed by atoms with Crippen LogP contribution in [0.25, 0.3) is 12.2 Å². The van der Waals surface area contributed by atoms with Gasteiger partial charge in [-0.2, -0.15) is 5.10 Å². The molecule has 5 heteroatoms. The van der Waals surface area contributed by atoms with Gasteiger partial charge in [0, 0.05) is 19.4 Å². The van der Waals surface area contributed by atoms with Crippen LogP contribution in [0.15, 0.2) is 47.2 Å². The van der Waals surface area contributed by atoms with Crippen molar-refractivity contribution in [3.05, 3.63) is 58.6 Å². The number of pyridine rings is 1. The van der Waals surface area contributed by atoms with Gasteiger partial charge in [-0.05, 0) is 52.4 Å². The second-order valence-electron chi connectivity index (χ2n) is 3.86. The lowest BCUT2D eigenvalue weighted by atomic mass is 10.2. The SMILES string of the molecule is Cn1cc(Br)c(/C=C/C(=O)/C=C/c2ccccn2)n1. The van der Waals surface area contributed by atoms with E-state index in [2.05, 4.69) is 26.0 Å². The highest BCUT2D eigenvalue weighted by Gasteiger charge is 2.00. The Morgan fingerprint density at radius 1 is 1.32 bits per heavy atom. The van der Waals surface area contributed by atoms with E-state index in [4.69, 9.17) is 0 Å². The predicted molar refractivity (Wildman–Crippen MR) is 78.2 cm³/mol. The highest BCUT2D eigenvalue weighted by atomic mass is 79.9. The smallest absolute Gasteiger partial charge is 0.178 e. The molecule has 19 heavy (non-hydrogen) atoms. The zero-order valence-corrected chi connectivity index (χ0v) is 11.9. The molecule has 0 saturated heterocycles. The lowest BCUT2D eigenvalue weighted by Crippen LogP contribution is -1.88. The molecular formula is C14H12BrN3O. The molecule has 96 valence electrons. The van der Waals surface area contributed by atoms with Gasteiger partial charge in [-0.15, -0.1) is 0 Å². The second-order valence-corrected chi connectivity index (χ2v) is 4.71. The maximum Gasteiger partial charge on any atom is 0.178 e. The number of carbonyl (C=O) groups excluding carboxylic acids is 1. The van der Waals surface area contributed by atoms with Crippen LogP contribution in [0.4, 0.5) is 0 Å². The van der Waals surface area contributed by atoms with E-state index in [9.17, 15) is 4.79 Å². The molecule has 0 aliphatic rings. The van der Waals surface area contributed by atoms with Crippen molar-refractivity contribution in [2.45, 2.75) is 0 Å². The maximum atomic E-state index is 11.7. The third-order valence-electron chi connectivity index (χ3n) is 2.32. The summed E-state index contributed by atoms with van der Waals surface area (Å²) in [5.74, 6) is -0.108. The van der Waals surface area contributed by atoms with Crippen LogP contribution in [0.3, 0.4) is 0 Å². The van der Waals surface area contributed by atoms with Crippen LogP contribution in [-0.2, 0) is 11.8 Å². The molecule has 0 saturated carbocycles. The summed E-state index contributed by atoms with van der Waals surface area (Å²) in [6, 6.07) is 5.54. The van der Waals surface area contributed by atoms with Gasteiger partial charge >= 0.3 is 0 Å². The van der Waals surface area contributed by atoms with Crippen molar-refractivity contribution in [2.75, 3.05) is 0 Å². The Labute approximate surface area is 119 Å². The van der Waals surface area contributed by atoms with Gasteiger partial charge in [-0.25, -0.2) is 0 Å². The van der Waals surface area contributed by atoms with Crippen LogP contribution in [-0.4, -0.2) is 20.5 Å². The molecule has 0 atom stereocenters. The van der Waals surface area contributed by atoms with E-state index in [-0.39, 0.29) is 5.78 Å². The van der Waals surface area contributed by atoms with Gasteiger partial charge in [-0.3, -0.25) is 14.5 Å². The Morgan fingerprint density at radius 3 is 2.74 bits per heavy atom. The van der Waals surface area contributed by atoms with E-state index in [0.29, 0.717) is 0 Å². The first-order valence-electron chi connectivity index (χ1n) is 5.65. The maximum absolute atomic E-state index is 11.7. The predicted octanol–water partition coefficient (Wildman–Crippen LogP) is 2.87. The van der Waals surface area contributed by atoms with Gasteiger partial charge < -0.3 is 0 Å². The summed E-state index contributed by atoms with van der Waals surface area (Å²) in [4.78, 5) is 15.8. The normalized spacial score (nSPS) is 11.5. The molecule has 2 heterocycles. The van der Waals surface area contributed by atoms with Gasteiger partial charge in [0.2, 0.25) is 0 Å². The molecule has 2 aromatic heterocycles. The Kier molecular flexibility index (Phi) is 4.41. The highest BCUT2D eigenvalue weighted by molar-refractivity contribution is 9.10. The summed E-state index contributed by atoms with van der Waals surface area (Å²) in [6.07, 6.45) is 9.83. The minimum atomic E-state index is -0.108. The van der Waals surface area contributed by atoms with E-state index in [1.165, 1.54) is 12.2 Å². The number of ketones is 1. The number of hydrogen-bond acceptors (Lipinski definition) is 3. The van der Waals surface area contributed by atoms with Crippen LogP contribution < -0.4 is 0 Å². The number of aromatic nitrogens is 3. The van der Waals surface area contributed by atoms with Crippen LogP contribution in [0, 0.1) is 0 Å². The van der Waals surface area contributed by atoms with Crippen molar-refractivity contribution in [1.82, 2.24) is 14.8 Å². The molecule has 0 radical (unpaired) electrons.